The third-order valence-corrected chi connectivity index (χ3v) is 7.24. The minimum absolute atomic E-state index is 0.0921. The van der Waals surface area contributed by atoms with E-state index >= 15 is 0 Å². The molecule has 1 saturated heterocycles. The lowest BCUT2D eigenvalue weighted by molar-refractivity contribution is -0.136. The van der Waals surface area contributed by atoms with Gasteiger partial charge in [0.1, 0.15) is 6.04 Å². The summed E-state index contributed by atoms with van der Waals surface area (Å²) in [7, 11) is 0. The average molecular weight is 455 g/mol. The van der Waals surface area contributed by atoms with Crippen molar-refractivity contribution in [1.82, 2.24) is 20.9 Å². The maximum atomic E-state index is 12.8. The van der Waals surface area contributed by atoms with Crippen molar-refractivity contribution >= 4 is 23.8 Å². The predicted molar refractivity (Wildman–Crippen MR) is 123 cm³/mol. The van der Waals surface area contributed by atoms with Crippen LogP contribution in [0.15, 0.2) is 18.2 Å². The lowest BCUT2D eigenvalue weighted by Gasteiger charge is -2.38. The van der Waals surface area contributed by atoms with Gasteiger partial charge in [-0.15, -0.1) is 0 Å². The first-order valence-corrected chi connectivity index (χ1v) is 12.2. The van der Waals surface area contributed by atoms with Gasteiger partial charge in [-0.05, 0) is 42.9 Å². The molecule has 1 saturated carbocycles. The Balaban J connectivity index is 1.35. The summed E-state index contributed by atoms with van der Waals surface area (Å²) in [5, 5.41) is 8.58. The van der Waals surface area contributed by atoms with Crippen LogP contribution in [0.5, 0.6) is 0 Å². The van der Waals surface area contributed by atoms with Gasteiger partial charge in [0.15, 0.2) is 0 Å². The fraction of sp³-hybridized carbons (Fsp3) is 0.600. The predicted octanol–water partition coefficient (Wildman–Crippen LogP) is 3.14. The number of benzene rings is 1. The average Bonchev–Trinajstić information content (AvgIpc) is 3.12. The largest absolute Gasteiger partial charge is 0.334 e. The highest BCUT2D eigenvalue weighted by molar-refractivity contribution is 6.05. The van der Waals surface area contributed by atoms with Crippen LogP contribution in [0.2, 0.25) is 0 Å². The van der Waals surface area contributed by atoms with E-state index in [1.807, 2.05) is 12.1 Å². The van der Waals surface area contributed by atoms with Crippen LogP contribution >= 0.6 is 0 Å². The van der Waals surface area contributed by atoms with Gasteiger partial charge in [-0.25, -0.2) is 4.79 Å². The summed E-state index contributed by atoms with van der Waals surface area (Å²) in [6.45, 7) is 2.88. The Bertz CT molecular complexity index is 938. The summed E-state index contributed by atoms with van der Waals surface area (Å²) >= 11 is 0. The van der Waals surface area contributed by atoms with Crippen molar-refractivity contribution in [3.63, 3.8) is 0 Å². The Labute approximate surface area is 194 Å². The van der Waals surface area contributed by atoms with Gasteiger partial charge in [0.2, 0.25) is 11.8 Å². The van der Waals surface area contributed by atoms with Crippen molar-refractivity contribution in [1.29, 1.82) is 0 Å². The van der Waals surface area contributed by atoms with Crippen molar-refractivity contribution in [3.8, 4) is 0 Å². The first-order chi connectivity index (χ1) is 15.9. The third kappa shape index (κ3) is 5.20. The molecule has 0 bridgehead atoms. The number of imide groups is 1. The highest BCUT2D eigenvalue weighted by Gasteiger charge is 2.39. The topological polar surface area (TPSA) is 108 Å². The van der Waals surface area contributed by atoms with E-state index in [0.717, 1.165) is 56.1 Å². The molecule has 3 N–H and O–H groups in total. The zero-order valence-corrected chi connectivity index (χ0v) is 19.4. The molecular weight excluding hydrogens is 420 g/mol. The molecule has 178 valence electrons. The second kappa shape index (κ2) is 9.93. The van der Waals surface area contributed by atoms with Gasteiger partial charge in [-0.3, -0.25) is 19.7 Å². The summed E-state index contributed by atoms with van der Waals surface area (Å²) in [5.74, 6) is -0.894. The van der Waals surface area contributed by atoms with Crippen LogP contribution in [-0.4, -0.2) is 40.2 Å². The van der Waals surface area contributed by atoms with Gasteiger partial charge >= 0.3 is 6.03 Å². The molecule has 2 aliphatic heterocycles. The molecule has 0 radical (unpaired) electrons. The van der Waals surface area contributed by atoms with E-state index < -0.39 is 11.9 Å². The Morgan fingerprint density at radius 3 is 2.70 bits per heavy atom. The number of carbonyl (C=O) groups is 4. The summed E-state index contributed by atoms with van der Waals surface area (Å²) in [4.78, 5) is 50.7. The lowest BCUT2D eigenvalue weighted by atomic mass is 9.78. The van der Waals surface area contributed by atoms with Crippen LogP contribution < -0.4 is 16.0 Å². The molecule has 1 aromatic carbocycles. The standard InChI is InChI=1S/C25H34N4O4/c1-2-3-11-25(12-5-4-6-13-25)28-24(33)26-15-17-7-8-19-18(14-17)16-29(23(19)32)20-9-10-21(30)27-22(20)31/h7-8,14,20H,2-6,9-13,15-16H2,1H3,(H2,26,28,33)(H,27,30,31). The first kappa shape index (κ1) is 23.3. The van der Waals surface area contributed by atoms with Crippen LogP contribution in [-0.2, 0) is 22.7 Å². The van der Waals surface area contributed by atoms with E-state index in [1.165, 1.54) is 11.3 Å². The molecule has 1 atom stereocenters. The van der Waals surface area contributed by atoms with Gasteiger partial charge in [0, 0.05) is 30.6 Å². The number of piperidine rings is 1. The van der Waals surface area contributed by atoms with E-state index in [1.54, 1.807) is 6.07 Å². The highest BCUT2D eigenvalue weighted by atomic mass is 16.2. The molecule has 1 aromatic rings. The van der Waals surface area contributed by atoms with E-state index in [4.69, 9.17) is 0 Å². The third-order valence-electron chi connectivity index (χ3n) is 7.24. The maximum absolute atomic E-state index is 12.8. The molecule has 1 unspecified atom stereocenters. The molecule has 4 rings (SSSR count). The maximum Gasteiger partial charge on any atom is 0.315 e. The molecule has 8 nitrogen and oxygen atoms in total. The van der Waals surface area contributed by atoms with Gasteiger partial charge in [-0.2, -0.15) is 0 Å². The summed E-state index contributed by atoms with van der Waals surface area (Å²) in [5.41, 5.74) is 2.24. The summed E-state index contributed by atoms with van der Waals surface area (Å²) in [6.07, 6.45) is 9.47. The van der Waals surface area contributed by atoms with Crippen molar-refractivity contribution < 1.29 is 19.2 Å². The van der Waals surface area contributed by atoms with Crippen LogP contribution in [0, 0.1) is 0 Å². The lowest BCUT2D eigenvalue weighted by Crippen LogP contribution is -2.53. The monoisotopic (exact) mass is 454 g/mol. The van der Waals surface area contributed by atoms with Crippen molar-refractivity contribution in [2.45, 2.75) is 95.8 Å². The number of urea groups is 1. The smallest absolute Gasteiger partial charge is 0.315 e. The van der Waals surface area contributed by atoms with E-state index in [-0.39, 0.29) is 29.8 Å². The number of carbonyl (C=O) groups excluding carboxylic acids is 4. The zero-order chi connectivity index (χ0) is 23.4. The van der Waals surface area contributed by atoms with Gasteiger partial charge in [0.05, 0.1) is 0 Å². The second-order valence-electron chi connectivity index (χ2n) is 9.64. The Morgan fingerprint density at radius 1 is 1.18 bits per heavy atom. The number of nitrogens with one attached hydrogen (secondary N) is 3. The normalized spacial score (nSPS) is 22.0. The molecule has 2 heterocycles. The molecular formula is C25H34N4O4. The number of hydrogen-bond donors (Lipinski definition) is 3. The van der Waals surface area contributed by atoms with Crippen LogP contribution in [0.3, 0.4) is 0 Å². The van der Waals surface area contributed by atoms with E-state index in [0.29, 0.717) is 25.1 Å². The van der Waals surface area contributed by atoms with Crippen LogP contribution in [0.1, 0.15) is 92.6 Å². The highest BCUT2D eigenvalue weighted by Crippen LogP contribution is 2.32. The van der Waals surface area contributed by atoms with E-state index in [9.17, 15) is 19.2 Å². The minimum atomic E-state index is -0.621. The fourth-order valence-electron chi connectivity index (χ4n) is 5.39. The van der Waals surface area contributed by atoms with Crippen molar-refractivity contribution in [2.24, 2.45) is 0 Å². The van der Waals surface area contributed by atoms with Gasteiger partial charge < -0.3 is 15.5 Å². The van der Waals surface area contributed by atoms with Crippen LogP contribution in [0.4, 0.5) is 4.79 Å². The number of fused-ring (bicyclic) bond motifs is 1. The number of rotatable bonds is 7. The number of unbranched alkanes of at least 4 members (excludes halogenated alkanes) is 1. The van der Waals surface area contributed by atoms with Crippen molar-refractivity contribution in [3.05, 3.63) is 34.9 Å². The number of hydrogen-bond acceptors (Lipinski definition) is 4. The van der Waals surface area contributed by atoms with Gasteiger partial charge in [-0.1, -0.05) is 51.2 Å². The molecule has 1 aliphatic carbocycles. The molecule has 5 amide bonds. The SMILES string of the molecule is CCCCC1(NC(=O)NCc2ccc3c(c2)CN(C2CCC(=O)NC2=O)C3=O)CCCCC1. The molecule has 0 aromatic heterocycles. The first-order valence-electron chi connectivity index (χ1n) is 12.2. The molecule has 3 aliphatic rings. The van der Waals surface area contributed by atoms with Crippen molar-refractivity contribution in [2.75, 3.05) is 0 Å². The number of amides is 5. The fourth-order valence-corrected chi connectivity index (χ4v) is 5.39. The Kier molecular flexibility index (Phi) is 7.00. The quantitative estimate of drug-likeness (QED) is 0.550. The zero-order valence-electron chi connectivity index (χ0n) is 19.4. The number of nitrogens with zero attached hydrogens (tertiary/aromatic N) is 1. The molecule has 33 heavy (non-hydrogen) atoms. The Morgan fingerprint density at radius 2 is 1.97 bits per heavy atom. The molecule has 8 heteroatoms. The molecule has 0 spiro atoms. The Hall–Kier alpha value is -2.90. The second-order valence-corrected chi connectivity index (χ2v) is 9.64. The molecule has 2 fully saturated rings. The minimum Gasteiger partial charge on any atom is -0.334 e. The summed E-state index contributed by atoms with van der Waals surface area (Å²) < 4.78 is 0. The van der Waals surface area contributed by atoms with E-state index in [2.05, 4.69) is 22.9 Å². The van der Waals surface area contributed by atoms with Crippen LogP contribution in [0.25, 0.3) is 0 Å². The van der Waals surface area contributed by atoms with Gasteiger partial charge in [0.25, 0.3) is 5.91 Å². The summed E-state index contributed by atoms with van der Waals surface area (Å²) in [6, 6.07) is 4.77.